The summed E-state index contributed by atoms with van der Waals surface area (Å²) in [6, 6.07) is 0. The molecule has 2 heteroatoms. The maximum absolute atomic E-state index is 8.66. The fourth-order valence-electron chi connectivity index (χ4n) is 0.153. The Morgan fingerprint density at radius 1 is 1.43 bits per heavy atom. The predicted molar refractivity (Wildman–Crippen MR) is 27.9 cm³/mol. The molecule has 2 N–H and O–H groups in total. The molecule has 0 amide bonds. The average molecular weight is 104 g/mol. The maximum atomic E-state index is 8.66. The second-order valence-electron chi connectivity index (χ2n) is 1.90. The number of aliphatic hydroxyl groups is 2. The van der Waals surface area contributed by atoms with Crippen LogP contribution >= 0.6 is 0 Å². The van der Waals surface area contributed by atoms with Gasteiger partial charge in [0, 0.05) is 12.5 Å². The molecule has 0 aromatic heterocycles. The van der Waals surface area contributed by atoms with Gasteiger partial charge in [-0.1, -0.05) is 6.92 Å². The lowest BCUT2D eigenvalue weighted by atomic mass is 10.1. The highest BCUT2D eigenvalue weighted by Gasteiger charge is 2.04. The van der Waals surface area contributed by atoms with Crippen LogP contribution < -0.4 is 0 Å². The van der Waals surface area contributed by atoms with Crippen molar-refractivity contribution in [3.05, 3.63) is 0 Å². The molecule has 44 valence electrons. The van der Waals surface area contributed by atoms with E-state index >= 15 is 0 Å². The number of rotatable bonds is 2. The van der Waals surface area contributed by atoms with Crippen LogP contribution in [-0.4, -0.2) is 22.9 Å². The lowest BCUT2D eigenvalue weighted by Gasteiger charge is -2.08. The first kappa shape index (κ1) is 6.92. The van der Waals surface area contributed by atoms with Gasteiger partial charge in [0.05, 0.1) is 6.10 Å². The van der Waals surface area contributed by atoms with Crippen molar-refractivity contribution in [1.82, 2.24) is 0 Å². The summed E-state index contributed by atoms with van der Waals surface area (Å²) in [6.45, 7) is 3.53. The third kappa shape index (κ3) is 2.60. The van der Waals surface area contributed by atoms with Gasteiger partial charge < -0.3 is 10.2 Å². The molecule has 0 spiro atoms. The van der Waals surface area contributed by atoms with Gasteiger partial charge in [0.1, 0.15) is 0 Å². The molecule has 0 bridgehead atoms. The van der Waals surface area contributed by atoms with Crippen LogP contribution in [0.25, 0.3) is 0 Å². The van der Waals surface area contributed by atoms with E-state index in [1.165, 1.54) is 0 Å². The van der Waals surface area contributed by atoms with E-state index in [0.29, 0.717) is 0 Å². The lowest BCUT2D eigenvalue weighted by molar-refractivity contribution is 0.0913. The zero-order valence-electron chi connectivity index (χ0n) is 4.76. The smallest absolute Gasteiger partial charge is 0.0559 e. The van der Waals surface area contributed by atoms with E-state index in [9.17, 15) is 0 Å². The van der Waals surface area contributed by atoms with Gasteiger partial charge in [-0.2, -0.15) is 0 Å². The van der Waals surface area contributed by atoms with Crippen LogP contribution in [0.5, 0.6) is 0 Å². The Morgan fingerprint density at radius 3 is 1.86 bits per heavy atom. The molecule has 0 radical (unpaired) electrons. The van der Waals surface area contributed by atoms with Crippen LogP contribution in [0.4, 0.5) is 0 Å². The van der Waals surface area contributed by atoms with Gasteiger partial charge in [0.25, 0.3) is 0 Å². The molecule has 0 fully saturated rings. The quantitative estimate of drug-likeness (QED) is 0.517. The first-order valence-corrected chi connectivity index (χ1v) is 2.47. The summed E-state index contributed by atoms with van der Waals surface area (Å²) in [5.41, 5.74) is 0. The van der Waals surface area contributed by atoms with Crippen LogP contribution in [0.3, 0.4) is 0 Å². The van der Waals surface area contributed by atoms with E-state index in [2.05, 4.69) is 0 Å². The van der Waals surface area contributed by atoms with Crippen LogP contribution in [0, 0.1) is 5.92 Å². The molecular weight excluding hydrogens is 92.1 g/mol. The number of hydrogen-bond acceptors (Lipinski definition) is 2. The van der Waals surface area contributed by atoms with Crippen molar-refractivity contribution in [2.24, 2.45) is 5.92 Å². The molecule has 0 aliphatic rings. The molecule has 0 heterocycles. The van der Waals surface area contributed by atoms with Crippen molar-refractivity contribution in [1.29, 1.82) is 0 Å². The molecule has 2 nitrogen and oxygen atoms in total. The van der Waals surface area contributed by atoms with Crippen molar-refractivity contribution >= 4 is 0 Å². The fourth-order valence-corrected chi connectivity index (χ4v) is 0.153. The van der Waals surface area contributed by atoms with Gasteiger partial charge in [-0.25, -0.2) is 0 Å². The Kier molecular flexibility index (Phi) is 2.96. The normalized spacial score (nSPS) is 18.9. The summed E-state index contributed by atoms with van der Waals surface area (Å²) < 4.78 is 0. The van der Waals surface area contributed by atoms with Crippen LogP contribution in [0.2, 0.25) is 0 Å². The molecular formula is C5H12O2. The number of hydrogen-bond donors (Lipinski definition) is 2. The van der Waals surface area contributed by atoms with E-state index in [0.717, 1.165) is 0 Å². The Bertz CT molecular complexity index is 43.3. The first-order chi connectivity index (χ1) is 3.18. The summed E-state index contributed by atoms with van der Waals surface area (Å²) in [7, 11) is 0. The Labute approximate surface area is 43.8 Å². The molecule has 0 aliphatic heterocycles. The molecule has 0 saturated carbocycles. The highest BCUT2D eigenvalue weighted by atomic mass is 16.3. The van der Waals surface area contributed by atoms with E-state index in [-0.39, 0.29) is 18.6 Å². The van der Waals surface area contributed by atoms with Crippen LogP contribution in [0.15, 0.2) is 0 Å². The van der Waals surface area contributed by atoms with Crippen molar-refractivity contribution in [2.75, 3.05) is 6.61 Å². The lowest BCUT2D eigenvalue weighted by Crippen LogP contribution is -2.16. The largest absolute Gasteiger partial charge is 0.396 e. The van der Waals surface area contributed by atoms with Crippen molar-refractivity contribution in [3.8, 4) is 0 Å². The maximum Gasteiger partial charge on any atom is 0.0559 e. The fraction of sp³-hybridized carbons (Fsp3) is 1.00. The Balaban J connectivity index is 3.14. The molecule has 0 saturated heterocycles. The molecule has 0 aromatic carbocycles. The van der Waals surface area contributed by atoms with Crippen LogP contribution in [-0.2, 0) is 0 Å². The minimum absolute atomic E-state index is 0.0139. The monoisotopic (exact) mass is 104 g/mol. The molecule has 0 rings (SSSR count). The summed E-state index contributed by atoms with van der Waals surface area (Å²) >= 11 is 0. The summed E-state index contributed by atoms with van der Waals surface area (Å²) in [6.07, 6.45) is -0.384. The van der Waals surface area contributed by atoms with Gasteiger partial charge in [-0.05, 0) is 6.92 Å². The Morgan fingerprint density at radius 2 is 1.86 bits per heavy atom. The standard InChI is InChI=1S/C5H12O2/c1-4(3-6)5(2)7/h4-7H,3H2,1-2H3. The first-order valence-electron chi connectivity index (χ1n) is 2.47. The zero-order valence-corrected chi connectivity index (χ0v) is 4.76. The topological polar surface area (TPSA) is 40.5 Å². The third-order valence-corrected chi connectivity index (χ3v) is 1.11. The van der Waals surface area contributed by atoms with Gasteiger partial charge in [-0.15, -0.1) is 0 Å². The average Bonchev–Trinajstić information content (AvgIpc) is 1.65. The minimum Gasteiger partial charge on any atom is -0.396 e. The van der Waals surface area contributed by atoms with Gasteiger partial charge >= 0.3 is 0 Å². The predicted octanol–water partition coefficient (Wildman–Crippen LogP) is -0.00440. The summed E-state index contributed by atoms with van der Waals surface area (Å²) in [5, 5.41) is 17.0. The van der Waals surface area contributed by atoms with Crippen LogP contribution in [0.1, 0.15) is 13.8 Å². The highest BCUT2D eigenvalue weighted by molar-refractivity contribution is 4.54. The van der Waals surface area contributed by atoms with E-state index in [1.54, 1.807) is 13.8 Å². The molecule has 2 unspecified atom stereocenters. The summed E-state index contributed by atoms with van der Waals surface area (Å²) in [5.74, 6) is 0.0139. The summed E-state index contributed by atoms with van der Waals surface area (Å²) in [4.78, 5) is 0. The van der Waals surface area contributed by atoms with Gasteiger partial charge in [0.2, 0.25) is 0 Å². The number of aliphatic hydroxyl groups excluding tert-OH is 2. The van der Waals surface area contributed by atoms with Crippen molar-refractivity contribution in [2.45, 2.75) is 20.0 Å². The third-order valence-electron chi connectivity index (χ3n) is 1.11. The van der Waals surface area contributed by atoms with E-state index in [1.807, 2.05) is 0 Å². The molecule has 0 aromatic rings. The van der Waals surface area contributed by atoms with Crippen molar-refractivity contribution < 1.29 is 10.2 Å². The van der Waals surface area contributed by atoms with E-state index in [4.69, 9.17) is 10.2 Å². The second-order valence-corrected chi connectivity index (χ2v) is 1.90. The molecule has 2 atom stereocenters. The molecule has 0 aliphatic carbocycles. The van der Waals surface area contributed by atoms with Crippen molar-refractivity contribution in [3.63, 3.8) is 0 Å². The molecule has 7 heavy (non-hydrogen) atoms. The van der Waals surface area contributed by atoms with Gasteiger partial charge in [0.15, 0.2) is 0 Å². The second kappa shape index (κ2) is 2.99. The zero-order chi connectivity index (χ0) is 5.86. The SMILES string of the molecule is CC(O)C(C)CO. The van der Waals surface area contributed by atoms with E-state index < -0.39 is 0 Å². The van der Waals surface area contributed by atoms with Gasteiger partial charge in [-0.3, -0.25) is 0 Å². The Hall–Kier alpha value is -0.0800. The minimum atomic E-state index is -0.384. The highest BCUT2D eigenvalue weighted by Crippen LogP contribution is 1.97.